The third kappa shape index (κ3) is 6.55. The van der Waals surface area contributed by atoms with Crippen molar-refractivity contribution < 1.29 is 19.2 Å². The van der Waals surface area contributed by atoms with Crippen LogP contribution in [0, 0.1) is 10.1 Å². The van der Waals surface area contributed by atoms with E-state index in [1.54, 1.807) is 12.3 Å². The highest BCUT2D eigenvalue weighted by Gasteiger charge is 2.33. The van der Waals surface area contributed by atoms with Gasteiger partial charge >= 0.3 is 6.09 Å². The highest BCUT2D eigenvalue weighted by atomic mass is 16.6. The van der Waals surface area contributed by atoms with Gasteiger partial charge in [0.15, 0.2) is 0 Å². The first-order chi connectivity index (χ1) is 17.1. The predicted octanol–water partition coefficient (Wildman–Crippen LogP) is 6.08. The van der Waals surface area contributed by atoms with Crippen molar-refractivity contribution >= 4 is 11.8 Å². The van der Waals surface area contributed by atoms with Gasteiger partial charge in [0.05, 0.1) is 18.2 Å². The van der Waals surface area contributed by atoms with Crippen molar-refractivity contribution in [2.24, 2.45) is 0 Å². The molecule has 1 heterocycles. The Labute approximate surface area is 204 Å². The van der Waals surface area contributed by atoms with Gasteiger partial charge in [0, 0.05) is 17.7 Å². The van der Waals surface area contributed by atoms with Crippen LogP contribution in [0.15, 0.2) is 96.7 Å². The summed E-state index contributed by atoms with van der Waals surface area (Å²) >= 11 is 0. The smallest absolute Gasteiger partial charge is 0.418 e. The van der Waals surface area contributed by atoms with Crippen LogP contribution >= 0.6 is 0 Å². The second-order valence-corrected chi connectivity index (χ2v) is 8.38. The zero-order valence-corrected chi connectivity index (χ0v) is 19.4. The minimum atomic E-state index is -0.515. The third-order valence-corrected chi connectivity index (χ3v) is 5.91. The molecule has 7 nitrogen and oxygen atoms in total. The van der Waals surface area contributed by atoms with Gasteiger partial charge in [-0.1, -0.05) is 78.9 Å². The molecule has 0 radical (unpaired) electrons. The molecule has 0 fully saturated rings. The molecule has 4 rings (SSSR count). The first kappa shape index (κ1) is 24.2. The van der Waals surface area contributed by atoms with Gasteiger partial charge in [-0.2, -0.15) is 0 Å². The fraction of sp³-hybridized carbons (Fsp3) is 0.250. The van der Waals surface area contributed by atoms with Crippen molar-refractivity contribution in [1.82, 2.24) is 0 Å². The minimum absolute atomic E-state index is 0.146. The maximum absolute atomic E-state index is 13.0. The number of rotatable bonds is 10. The summed E-state index contributed by atoms with van der Waals surface area (Å²) in [6.07, 6.45) is 2.45. The van der Waals surface area contributed by atoms with E-state index in [-0.39, 0.29) is 18.1 Å². The zero-order valence-electron chi connectivity index (χ0n) is 19.4. The number of fused-ring (bicyclic) bond motifs is 1. The number of nitro groups is 1. The van der Waals surface area contributed by atoms with Gasteiger partial charge in [0.1, 0.15) is 6.61 Å². The van der Waals surface area contributed by atoms with Crippen LogP contribution in [0.3, 0.4) is 0 Å². The monoisotopic (exact) mass is 472 g/mol. The molecule has 180 valence electrons. The van der Waals surface area contributed by atoms with E-state index in [9.17, 15) is 14.9 Å². The molecule has 3 aromatic rings. The van der Waals surface area contributed by atoms with Crippen molar-refractivity contribution in [3.05, 3.63) is 124 Å². The van der Waals surface area contributed by atoms with Crippen LogP contribution < -0.4 is 4.90 Å². The van der Waals surface area contributed by atoms with Gasteiger partial charge in [-0.3, -0.25) is 15.0 Å². The average molecular weight is 473 g/mol. The highest BCUT2D eigenvalue weighted by Crippen LogP contribution is 2.40. The normalized spacial score (nSPS) is 14.7. The number of ether oxygens (including phenoxy) is 2. The second-order valence-electron chi connectivity index (χ2n) is 8.38. The molecule has 0 spiro atoms. The lowest BCUT2D eigenvalue weighted by molar-refractivity contribution is -0.482. The molecule has 0 saturated carbocycles. The van der Waals surface area contributed by atoms with Gasteiger partial charge in [-0.25, -0.2) is 4.79 Å². The molecule has 0 N–H and O–H groups in total. The Morgan fingerprint density at radius 1 is 0.886 bits per heavy atom. The number of benzene rings is 3. The van der Waals surface area contributed by atoms with Crippen LogP contribution in [0.25, 0.3) is 0 Å². The van der Waals surface area contributed by atoms with Crippen molar-refractivity contribution in [1.29, 1.82) is 0 Å². The van der Waals surface area contributed by atoms with Crippen LogP contribution in [0.1, 0.15) is 35.4 Å². The minimum Gasteiger partial charge on any atom is -0.444 e. The molecular formula is C28H28N2O5. The number of nitrogens with zero attached hydrogens (tertiary/aromatic N) is 2. The van der Waals surface area contributed by atoms with Crippen LogP contribution in [0.5, 0.6) is 0 Å². The van der Waals surface area contributed by atoms with Crippen molar-refractivity contribution in [3.8, 4) is 0 Å². The molecular weight excluding hydrogens is 444 g/mol. The van der Waals surface area contributed by atoms with Gasteiger partial charge < -0.3 is 9.47 Å². The molecule has 1 aliphatic heterocycles. The maximum atomic E-state index is 13.0. The molecule has 35 heavy (non-hydrogen) atoms. The molecule has 1 amide bonds. The lowest BCUT2D eigenvalue weighted by Gasteiger charge is -2.31. The number of hydrogen-bond acceptors (Lipinski definition) is 5. The fourth-order valence-electron chi connectivity index (χ4n) is 4.21. The van der Waals surface area contributed by atoms with Gasteiger partial charge in [-0.05, 0) is 41.2 Å². The summed E-state index contributed by atoms with van der Waals surface area (Å²) in [6.45, 7) is 0.935. The Kier molecular flexibility index (Phi) is 8.25. The molecule has 0 saturated heterocycles. The molecule has 1 aliphatic rings. The maximum Gasteiger partial charge on any atom is 0.418 e. The molecule has 0 bridgehead atoms. The van der Waals surface area contributed by atoms with Crippen LogP contribution in [0.2, 0.25) is 0 Å². The van der Waals surface area contributed by atoms with Crippen LogP contribution in [0.4, 0.5) is 10.5 Å². The summed E-state index contributed by atoms with van der Waals surface area (Å²) in [5.74, 6) is -0.409. The molecule has 1 atom stereocenters. The second kappa shape index (κ2) is 11.9. The van der Waals surface area contributed by atoms with Crippen molar-refractivity contribution in [2.45, 2.75) is 32.0 Å². The molecule has 3 aromatic carbocycles. The average Bonchev–Trinajstić information content (AvgIpc) is 2.89. The van der Waals surface area contributed by atoms with E-state index in [4.69, 9.17) is 9.47 Å². The number of anilines is 1. The molecule has 0 aliphatic carbocycles. The van der Waals surface area contributed by atoms with E-state index in [0.717, 1.165) is 22.3 Å². The van der Waals surface area contributed by atoms with E-state index in [0.29, 0.717) is 31.7 Å². The summed E-state index contributed by atoms with van der Waals surface area (Å²) in [5, 5.41) is 11.5. The fourth-order valence-corrected chi connectivity index (χ4v) is 4.21. The summed E-state index contributed by atoms with van der Waals surface area (Å²) in [7, 11) is 0. The van der Waals surface area contributed by atoms with Gasteiger partial charge in [-0.15, -0.1) is 0 Å². The van der Waals surface area contributed by atoms with E-state index in [2.05, 4.69) is 0 Å². The summed E-state index contributed by atoms with van der Waals surface area (Å²) in [6, 6.07) is 26.7. The van der Waals surface area contributed by atoms with E-state index < -0.39 is 12.0 Å². The van der Waals surface area contributed by atoms with Gasteiger partial charge in [0.2, 0.25) is 6.54 Å². The summed E-state index contributed by atoms with van der Waals surface area (Å²) in [4.78, 5) is 25.7. The Morgan fingerprint density at radius 2 is 1.51 bits per heavy atom. The van der Waals surface area contributed by atoms with Crippen LogP contribution in [-0.4, -0.2) is 24.2 Å². The predicted molar refractivity (Wildman–Crippen MR) is 134 cm³/mol. The van der Waals surface area contributed by atoms with E-state index in [1.165, 1.54) is 4.90 Å². The quantitative estimate of drug-likeness (QED) is 0.203. The molecule has 0 aromatic heterocycles. The number of para-hydroxylation sites is 1. The van der Waals surface area contributed by atoms with Crippen molar-refractivity contribution in [3.63, 3.8) is 0 Å². The number of amides is 1. The number of carbonyl (C=O) groups is 1. The number of hydrogen-bond donors (Lipinski definition) is 0. The topological polar surface area (TPSA) is 81.9 Å². The zero-order chi connectivity index (χ0) is 24.5. The van der Waals surface area contributed by atoms with Crippen molar-refractivity contribution in [2.75, 3.05) is 18.1 Å². The Morgan fingerprint density at radius 3 is 2.20 bits per heavy atom. The van der Waals surface area contributed by atoms with E-state index in [1.807, 2.05) is 78.9 Å². The lowest BCUT2D eigenvalue weighted by atomic mass is 9.85. The first-order valence-corrected chi connectivity index (χ1v) is 11.6. The van der Waals surface area contributed by atoms with Crippen LogP contribution in [-0.2, 0) is 22.7 Å². The Bertz CT molecular complexity index is 1160. The molecule has 0 unspecified atom stereocenters. The van der Waals surface area contributed by atoms with Gasteiger partial charge in [0.25, 0.3) is 0 Å². The first-order valence-electron chi connectivity index (χ1n) is 11.6. The Balaban J connectivity index is 1.47. The lowest BCUT2D eigenvalue weighted by Crippen LogP contribution is -2.33. The largest absolute Gasteiger partial charge is 0.444 e. The Hall–Kier alpha value is -3.97. The SMILES string of the molecule is O=C(OCc1ccccc1)N1C=C(CCCOCc2ccccc2)[C@H](C[N+](=O)[O-])c2ccccc21. The standard InChI is InChI=1S/C28H28N2O5/c31-28(35-21-23-12-5-2-6-13-23)29-18-24(14-9-17-34-20-22-10-3-1-4-11-22)26(19-30(32)33)25-15-7-8-16-27(25)29/h1-8,10-13,15-16,18,26H,9,14,17,19-21H2/t26-/m0/s1. The third-order valence-electron chi connectivity index (χ3n) is 5.91. The highest BCUT2D eigenvalue weighted by molar-refractivity contribution is 5.92. The number of carbonyl (C=O) groups excluding carboxylic acids is 1. The summed E-state index contributed by atoms with van der Waals surface area (Å²) < 4.78 is 11.4. The molecule has 7 heteroatoms. The van der Waals surface area contributed by atoms with E-state index >= 15 is 0 Å². The summed E-state index contributed by atoms with van der Waals surface area (Å²) in [5.41, 5.74) is 4.17.